The van der Waals surface area contributed by atoms with Gasteiger partial charge in [0, 0.05) is 13.2 Å². The van der Waals surface area contributed by atoms with Gasteiger partial charge >= 0.3 is 6.09 Å². The monoisotopic (exact) mass is 568 g/mol. The van der Waals surface area contributed by atoms with Crippen LogP contribution in [-0.4, -0.2) is 31.5 Å². The molecule has 0 bridgehead atoms. The predicted molar refractivity (Wildman–Crippen MR) is 175 cm³/mol. The minimum absolute atomic E-state index is 0.0677. The quantitative estimate of drug-likeness (QED) is 0.0822. The van der Waals surface area contributed by atoms with Crippen molar-refractivity contribution >= 4 is 6.09 Å². The molecule has 0 aliphatic heterocycles. The molecule has 40 heavy (non-hydrogen) atoms. The summed E-state index contributed by atoms with van der Waals surface area (Å²) in [6, 6.07) is 0. The molecule has 0 rings (SSSR count). The summed E-state index contributed by atoms with van der Waals surface area (Å²) in [5, 5.41) is 2.94. The molecule has 0 saturated heterocycles. The summed E-state index contributed by atoms with van der Waals surface area (Å²) in [7, 11) is 0. The van der Waals surface area contributed by atoms with Crippen LogP contribution in [-0.2, 0) is 9.47 Å². The van der Waals surface area contributed by atoms with Gasteiger partial charge in [0.2, 0.25) is 0 Å². The maximum atomic E-state index is 12.4. The average Bonchev–Trinajstić information content (AvgIpc) is 2.93. The number of hydrogen-bond acceptors (Lipinski definition) is 3. The van der Waals surface area contributed by atoms with E-state index in [9.17, 15) is 4.79 Å². The standard InChI is InChI=1S/C36H73NO3/c1-5-7-9-11-13-15-17-19-21-23-25-27-30-35(40-36(38)37-32-29-33-39-34(3)4)31-28-26-24-22-20-18-16-14-12-10-8-6-2/h34-35H,5-33H2,1-4H3,(H,37,38). The molecule has 1 N–H and O–H groups in total. The molecule has 0 fully saturated rings. The zero-order chi connectivity index (χ0) is 29.4. The lowest BCUT2D eigenvalue weighted by Gasteiger charge is -2.18. The van der Waals surface area contributed by atoms with Gasteiger partial charge in [0.1, 0.15) is 6.10 Å². The summed E-state index contributed by atoms with van der Waals surface area (Å²) in [5.74, 6) is 0. The van der Waals surface area contributed by atoms with E-state index in [-0.39, 0.29) is 18.3 Å². The molecule has 0 aromatic rings. The van der Waals surface area contributed by atoms with E-state index in [1.165, 1.54) is 154 Å². The molecule has 0 unspecified atom stereocenters. The first-order valence-electron chi connectivity index (χ1n) is 18.2. The lowest BCUT2D eigenvalue weighted by Crippen LogP contribution is -2.30. The van der Waals surface area contributed by atoms with Crippen molar-refractivity contribution in [2.24, 2.45) is 0 Å². The average molecular weight is 568 g/mol. The molecule has 0 saturated carbocycles. The first-order chi connectivity index (χ1) is 19.6. The van der Waals surface area contributed by atoms with Crippen molar-refractivity contribution in [3.05, 3.63) is 0 Å². The van der Waals surface area contributed by atoms with Crippen LogP contribution in [0.3, 0.4) is 0 Å². The SMILES string of the molecule is CCCCCCCCCCCCCCC(CCCCCCCCCCCCCC)OC(=O)NCCCOC(C)C. The third-order valence-corrected chi connectivity index (χ3v) is 8.07. The molecule has 0 aromatic carbocycles. The van der Waals surface area contributed by atoms with Gasteiger partial charge in [-0.2, -0.15) is 0 Å². The third kappa shape index (κ3) is 31.8. The zero-order valence-corrected chi connectivity index (χ0v) is 27.9. The normalized spacial score (nSPS) is 11.6. The maximum Gasteiger partial charge on any atom is 0.407 e. The highest BCUT2D eigenvalue weighted by Gasteiger charge is 2.14. The third-order valence-electron chi connectivity index (χ3n) is 8.07. The van der Waals surface area contributed by atoms with Crippen molar-refractivity contribution in [2.45, 2.75) is 213 Å². The molecule has 0 aromatic heterocycles. The smallest absolute Gasteiger partial charge is 0.407 e. The van der Waals surface area contributed by atoms with Crippen molar-refractivity contribution in [3.8, 4) is 0 Å². The van der Waals surface area contributed by atoms with Gasteiger partial charge in [0.25, 0.3) is 0 Å². The Morgan fingerprint density at radius 3 is 1.23 bits per heavy atom. The number of rotatable bonds is 32. The second-order valence-corrected chi connectivity index (χ2v) is 12.6. The number of unbranched alkanes of at least 4 members (excludes halogenated alkanes) is 22. The van der Waals surface area contributed by atoms with Gasteiger partial charge in [-0.3, -0.25) is 0 Å². The summed E-state index contributed by atoms with van der Waals surface area (Å²) in [6.07, 6.45) is 35.6. The van der Waals surface area contributed by atoms with E-state index in [4.69, 9.17) is 9.47 Å². The Morgan fingerprint density at radius 1 is 0.525 bits per heavy atom. The fourth-order valence-electron chi connectivity index (χ4n) is 5.46. The number of amides is 1. The molecule has 0 aliphatic carbocycles. The van der Waals surface area contributed by atoms with E-state index in [0.29, 0.717) is 13.2 Å². The molecule has 1 amide bonds. The summed E-state index contributed by atoms with van der Waals surface area (Å²) in [6.45, 7) is 9.95. The summed E-state index contributed by atoms with van der Waals surface area (Å²) in [5.41, 5.74) is 0. The van der Waals surface area contributed by atoms with Crippen LogP contribution in [0, 0.1) is 0 Å². The molecule has 0 spiro atoms. The fourth-order valence-corrected chi connectivity index (χ4v) is 5.46. The molecule has 4 heteroatoms. The molecule has 0 heterocycles. The second kappa shape index (κ2) is 32.7. The van der Waals surface area contributed by atoms with E-state index in [1.54, 1.807) is 0 Å². The van der Waals surface area contributed by atoms with Crippen LogP contribution in [0.2, 0.25) is 0 Å². The highest BCUT2D eigenvalue weighted by molar-refractivity contribution is 5.67. The molecule has 0 radical (unpaired) electrons. The summed E-state index contributed by atoms with van der Waals surface area (Å²) >= 11 is 0. The largest absolute Gasteiger partial charge is 0.446 e. The number of carbonyl (C=O) groups excluding carboxylic acids is 1. The van der Waals surface area contributed by atoms with Crippen LogP contribution < -0.4 is 5.32 Å². The molecule has 240 valence electrons. The van der Waals surface area contributed by atoms with Crippen molar-refractivity contribution < 1.29 is 14.3 Å². The molecular formula is C36H73NO3. The number of carbonyl (C=O) groups is 1. The summed E-state index contributed by atoms with van der Waals surface area (Å²) in [4.78, 5) is 12.4. The lowest BCUT2D eigenvalue weighted by atomic mass is 10.0. The number of alkyl carbamates (subject to hydrolysis) is 1. The van der Waals surface area contributed by atoms with Gasteiger partial charge in [-0.15, -0.1) is 0 Å². The number of hydrogen-bond donors (Lipinski definition) is 1. The van der Waals surface area contributed by atoms with E-state index in [2.05, 4.69) is 19.2 Å². The van der Waals surface area contributed by atoms with Crippen molar-refractivity contribution in [1.82, 2.24) is 5.32 Å². The Morgan fingerprint density at radius 2 is 0.875 bits per heavy atom. The Bertz CT molecular complexity index is 468. The predicted octanol–water partition coefficient (Wildman–Crippen LogP) is 12.1. The molecule has 0 atom stereocenters. The van der Waals surface area contributed by atoms with E-state index >= 15 is 0 Å². The van der Waals surface area contributed by atoms with Gasteiger partial charge in [0.05, 0.1) is 6.10 Å². The highest BCUT2D eigenvalue weighted by atomic mass is 16.6. The first-order valence-corrected chi connectivity index (χ1v) is 18.2. The number of nitrogens with one attached hydrogen (secondary N) is 1. The molecular weight excluding hydrogens is 494 g/mol. The maximum absolute atomic E-state index is 12.4. The minimum Gasteiger partial charge on any atom is -0.446 e. The van der Waals surface area contributed by atoms with Crippen LogP contribution in [0.15, 0.2) is 0 Å². The van der Waals surface area contributed by atoms with Crippen molar-refractivity contribution in [3.63, 3.8) is 0 Å². The second-order valence-electron chi connectivity index (χ2n) is 12.6. The first kappa shape index (κ1) is 39.2. The highest BCUT2D eigenvalue weighted by Crippen LogP contribution is 2.18. The van der Waals surface area contributed by atoms with E-state index in [0.717, 1.165) is 19.3 Å². The zero-order valence-electron chi connectivity index (χ0n) is 27.9. The Labute approximate surface area is 251 Å². The Kier molecular flexibility index (Phi) is 32.1. The number of ether oxygens (including phenoxy) is 2. The van der Waals surface area contributed by atoms with Gasteiger partial charge in [0.15, 0.2) is 0 Å². The Hall–Kier alpha value is -0.770. The van der Waals surface area contributed by atoms with Crippen LogP contribution in [0.4, 0.5) is 4.79 Å². The lowest BCUT2D eigenvalue weighted by molar-refractivity contribution is 0.0720. The topological polar surface area (TPSA) is 47.6 Å². The van der Waals surface area contributed by atoms with Gasteiger partial charge < -0.3 is 14.8 Å². The van der Waals surface area contributed by atoms with Gasteiger partial charge in [-0.1, -0.05) is 155 Å². The van der Waals surface area contributed by atoms with E-state index in [1.807, 2.05) is 13.8 Å². The fraction of sp³-hybridized carbons (Fsp3) is 0.972. The molecule has 4 nitrogen and oxygen atoms in total. The Balaban J connectivity index is 4.01. The van der Waals surface area contributed by atoms with Crippen molar-refractivity contribution in [1.29, 1.82) is 0 Å². The van der Waals surface area contributed by atoms with Crippen LogP contribution in [0.5, 0.6) is 0 Å². The van der Waals surface area contributed by atoms with Crippen molar-refractivity contribution in [2.75, 3.05) is 13.2 Å². The van der Waals surface area contributed by atoms with Gasteiger partial charge in [-0.25, -0.2) is 4.79 Å². The minimum atomic E-state index is -0.243. The van der Waals surface area contributed by atoms with Gasteiger partial charge in [-0.05, 0) is 46.0 Å². The van der Waals surface area contributed by atoms with E-state index < -0.39 is 0 Å². The molecule has 0 aliphatic rings. The van der Waals surface area contributed by atoms with Crippen LogP contribution >= 0.6 is 0 Å². The van der Waals surface area contributed by atoms with Crippen LogP contribution in [0.1, 0.15) is 201 Å². The van der Waals surface area contributed by atoms with Crippen LogP contribution in [0.25, 0.3) is 0 Å². The summed E-state index contributed by atoms with van der Waals surface area (Å²) < 4.78 is 11.5.